The number of benzene rings is 2. The standard InChI is InChI=1S/C27H22ClNO6S/c1-2-34-17-5-3-4-15(12-17)6-9-19-24(30)21(25(31)29-26(19)36)14-18-8-11-23(35-18)20-13-16(27(32)33)7-10-22(20)28/h3-5,7-8,10-14,19H,2,6,9H2,1H3,(H,32,33)(H,29,31,36)/b21-14-. The highest BCUT2D eigenvalue weighted by Gasteiger charge is 2.36. The lowest BCUT2D eigenvalue weighted by molar-refractivity contribution is -0.124. The van der Waals surface area contributed by atoms with Crippen molar-refractivity contribution in [3.05, 3.63) is 82.1 Å². The van der Waals surface area contributed by atoms with Crippen LogP contribution >= 0.6 is 23.8 Å². The third-order valence-corrected chi connectivity index (χ3v) is 6.42. The molecular formula is C27H22ClNO6S. The van der Waals surface area contributed by atoms with Gasteiger partial charge in [-0.3, -0.25) is 9.59 Å². The Hall–Kier alpha value is -3.75. The molecule has 1 aromatic heterocycles. The Morgan fingerprint density at radius 3 is 2.75 bits per heavy atom. The van der Waals surface area contributed by atoms with Crippen LogP contribution in [0.15, 0.2) is 64.6 Å². The van der Waals surface area contributed by atoms with Crippen molar-refractivity contribution in [2.45, 2.75) is 19.8 Å². The zero-order valence-corrected chi connectivity index (χ0v) is 20.8. The van der Waals surface area contributed by atoms with Gasteiger partial charge >= 0.3 is 5.97 Å². The van der Waals surface area contributed by atoms with Crippen molar-refractivity contribution in [3.8, 4) is 17.1 Å². The summed E-state index contributed by atoms with van der Waals surface area (Å²) < 4.78 is 11.3. The van der Waals surface area contributed by atoms with Gasteiger partial charge < -0.3 is 19.6 Å². The van der Waals surface area contributed by atoms with Crippen molar-refractivity contribution in [2.75, 3.05) is 6.61 Å². The largest absolute Gasteiger partial charge is 0.494 e. The summed E-state index contributed by atoms with van der Waals surface area (Å²) in [6.45, 7) is 2.46. The first-order valence-electron chi connectivity index (χ1n) is 11.2. The second-order valence-electron chi connectivity index (χ2n) is 8.11. The number of carbonyl (C=O) groups excluding carboxylic acids is 2. The van der Waals surface area contributed by atoms with Gasteiger partial charge in [0.15, 0.2) is 5.78 Å². The molecule has 2 heterocycles. The van der Waals surface area contributed by atoms with E-state index in [0.717, 1.165) is 11.3 Å². The van der Waals surface area contributed by atoms with E-state index >= 15 is 0 Å². The molecule has 0 bridgehead atoms. The molecule has 36 heavy (non-hydrogen) atoms. The van der Waals surface area contributed by atoms with Gasteiger partial charge in [-0.15, -0.1) is 0 Å². The zero-order chi connectivity index (χ0) is 25.8. The fourth-order valence-electron chi connectivity index (χ4n) is 3.92. The SMILES string of the molecule is CCOc1cccc(CCC2C(=O)/C(=C/c3ccc(-c4cc(C(=O)O)ccc4Cl)o3)C(=O)NC2=S)c1. The van der Waals surface area contributed by atoms with Crippen molar-refractivity contribution < 1.29 is 28.6 Å². The Morgan fingerprint density at radius 2 is 2.00 bits per heavy atom. The maximum Gasteiger partial charge on any atom is 0.335 e. The Bertz CT molecular complexity index is 1390. The van der Waals surface area contributed by atoms with Crippen LogP contribution in [0.1, 0.15) is 35.0 Å². The summed E-state index contributed by atoms with van der Waals surface area (Å²) in [6, 6.07) is 15.1. The number of Topliss-reactive ketones (excluding diaryl/α,β-unsaturated/α-hetero) is 1. The molecule has 1 saturated heterocycles. The minimum absolute atomic E-state index is 0.0516. The molecule has 184 valence electrons. The van der Waals surface area contributed by atoms with Gasteiger partial charge in [0, 0.05) is 5.56 Å². The summed E-state index contributed by atoms with van der Waals surface area (Å²) in [4.78, 5) is 37.3. The second-order valence-corrected chi connectivity index (χ2v) is 8.96. The molecule has 0 aliphatic carbocycles. The third-order valence-electron chi connectivity index (χ3n) is 5.70. The van der Waals surface area contributed by atoms with E-state index < -0.39 is 17.8 Å². The molecule has 1 atom stereocenters. The average molecular weight is 524 g/mol. The number of hydrogen-bond donors (Lipinski definition) is 2. The number of aryl methyl sites for hydroxylation is 1. The van der Waals surface area contributed by atoms with Crippen LogP contribution in [0.4, 0.5) is 0 Å². The first kappa shape index (κ1) is 25.3. The highest BCUT2D eigenvalue weighted by atomic mass is 35.5. The molecule has 7 nitrogen and oxygen atoms in total. The quantitative estimate of drug-likeness (QED) is 0.233. The van der Waals surface area contributed by atoms with E-state index in [1.807, 2.05) is 31.2 Å². The lowest BCUT2D eigenvalue weighted by atomic mass is 9.87. The maximum atomic E-state index is 13.2. The molecule has 1 amide bonds. The molecule has 2 aromatic carbocycles. The van der Waals surface area contributed by atoms with Gasteiger partial charge in [0.25, 0.3) is 5.91 Å². The first-order valence-corrected chi connectivity index (χ1v) is 12.0. The van der Waals surface area contributed by atoms with Crippen molar-refractivity contribution in [3.63, 3.8) is 0 Å². The molecule has 4 rings (SSSR count). The van der Waals surface area contributed by atoms with Gasteiger partial charge in [-0.2, -0.15) is 0 Å². The number of hydrogen-bond acceptors (Lipinski definition) is 6. The number of rotatable bonds is 8. The summed E-state index contributed by atoms with van der Waals surface area (Å²) in [5, 5.41) is 12.2. The lowest BCUT2D eigenvalue weighted by Gasteiger charge is -2.24. The molecule has 2 N–H and O–H groups in total. The molecule has 0 radical (unpaired) electrons. The highest BCUT2D eigenvalue weighted by molar-refractivity contribution is 7.80. The predicted molar refractivity (Wildman–Crippen MR) is 139 cm³/mol. The van der Waals surface area contributed by atoms with Gasteiger partial charge in [-0.1, -0.05) is 36.0 Å². The number of carbonyl (C=O) groups is 3. The van der Waals surface area contributed by atoms with E-state index in [9.17, 15) is 19.5 Å². The van der Waals surface area contributed by atoms with Gasteiger partial charge in [0.2, 0.25) is 0 Å². The number of furan rings is 1. The van der Waals surface area contributed by atoms with Crippen molar-refractivity contribution >= 4 is 52.5 Å². The molecule has 0 saturated carbocycles. The minimum Gasteiger partial charge on any atom is -0.494 e. The molecular weight excluding hydrogens is 502 g/mol. The van der Waals surface area contributed by atoms with Gasteiger partial charge in [-0.25, -0.2) is 4.79 Å². The Balaban J connectivity index is 1.55. The Kier molecular flexibility index (Phi) is 7.67. The molecule has 1 aliphatic heterocycles. The molecule has 1 aliphatic rings. The van der Waals surface area contributed by atoms with E-state index in [1.54, 1.807) is 12.1 Å². The summed E-state index contributed by atoms with van der Waals surface area (Å²) in [5.41, 5.74) is 1.36. The van der Waals surface area contributed by atoms with Crippen LogP contribution in [-0.4, -0.2) is 34.4 Å². The number of ketones is 1. The average Bonchev–Trinajstić information content (AvgIpc) is 3.30. The van der Waals surface area contributed by atoms with Crippen LogP contribution in [0, 0.1) is 5.92 Å². The molecule has 9 heteroatoms. The fourth-order valence-corrected chi connectivity index (χ4v) is 4.45. The van der Waals surface area contributed by atoms with Gasteiger partial charge in [0.05, 0.1) is 33.7 Å². The molecule has 1 fully saturated rings. The molecule has 1 unspecified atom stereocenters. The summed E-state index contributed by atoms with van der Waals surface area (Å²) >= 11 is 11.5. The van der Waals surface area contributed by atoms with Crippen LogP contribution in [0.5, 0.6) is 5.75 Å². The smallest absolute Gasteiger partial charge is 0.335 e. The van der Waals surface area contributed by atoms with Crippen LogP contribution in [0.2, 0.25) is 5.02 Å². The first-order chi connectivity index (χ1) is 17.3. The number of carboxylic acid groups (broad SMARTS) is 1. The molecule has 0 spiro atoms. The van der Waals surface area contributed by atoms with Gasteiger partial charge in [-0.05, 0) is 73.9 Å². The lowest BCUT2D eigenvalue weighted by Crippen LogP contribution is -2.47. The van der Waals surface area contributed by atoms with Crippen molar-refractivity contribution in [1.29, 1.82) is 0 Å². The van der Waals surface area contributed by atoms with Crippen LogP contribution in [-0.2, 0) is 16.0 Å². The monoisotopic (exact) mass is 523 g/mol. The van der Waals surface area contributed by atoms with Gasteiger partial charge in [0.1, 0.15) is 17.3 Å². The number of ether oxygens (including phenoxy) is 1. The van der Waals surface area contributed by atoms with Crippen molar-refractivity contribution in [2.24, 2.45) is 5.92 Å². The summed E-state index contributed by atoms with van der Waals surface area (Å²) in [6.07, 6.45) is 2.36. The number of amides is 1. The number of nitrogens with one attached hydrogen (secondary N) is 1. The minimum atomic E-state index is -1.10. The number of aromatic carboxylic acids is 1. The number of halogens is 1. The number of thiocarbonyl (C=S) groups is 1. The second kappa shape index (κ2) is 10.9. The third kappa shape index (κ3) is 5.56. The Labute approximate surface area is 217 Å². The molecule has 3 aromatic rings. The zero-order valence-electron chi connectivity index (χ0n) is 19.2. The Morgan fingerprint density at radius 1 is 1.19 bits per heavy atom. The van der Waals surface area contributed by atoms with E-state index in [0.29, 0.717) is 35.8 Å². The number of carboxylic acids is 1. The maximum absolute atomic E-state index is 13.2. The van der Waals surface area contributed by atoms with E-state index in [2.05, 4.69) is 5.32 Å². The highest BCUT2D eigenvalue weighted by Crippen LogP contribution is 2.32. The van der Waals surface area contributed by atoms with Crippen LogP contribution < -0.4 is 10.1 Å². The van der Waals surface area contributed by atoms with Crippen LogP contribution in [0.25, 0.3) is 17.4 Å². The summed E-state index contributed by atoms with van der Waals surface area (Å²) in [7, 11) is 0. The topological polar surface area (TPSA) is 106 Å². The van der Waals surface area contributed by atoms with Crippen molar-refractivity contribution in [1.82, 2.24) is 5.32 Å². The normalized spacial score (nSPS) is 16.8. The van der Waals surface area contributed by atoms with E-state index in [1.165, 1.54) is 24.3 Å². The van der Waals surface area contributed by atoms with E-state index in [-0.39, 0.29) is 27.7 Å². The predicted octanol–water partition coefficient (Wildman–Crippen LogP) is 5.36. The fraction of sp³-hybridized carbons (Fsp3) is 0.185. The number of piperidine rings is 1. The summed E-state index contributed by atoms with van der Waals surface area (Å²) in [5.74, 6) is -1.43. The van der Waals surface area contributed by atoms with Crippen LogP contribution in [0.3, 0.4) is 0 Å². The van der Waals surface area contributed by atoms with E-state index in [4.69, 9.17) is 33.0 Å².